The Kier molecular flexibility index (Phi) is 5.24. The Morgan fingerprint density at radius 3 is 2.67 bits per heavy atom. The molecule has 0 atom stereocenters. The fourth-order valence-corrected chi connectivity index (χ4v) is 1.34. The maximum Gasteiger partial charge on any atom is 0.241 e. The number of carbonyl (C=O) groups is 1. The van der Waals surface area contributed by atoms with Gasteiger partial charge in [0.1, 0.15) is 0 Å². The molecule has 0 aliphatic heterocycles. The van der Waals surface area contributed by atoms with Crippen LogP contribution in [-0.2, 0) is 4.79 Å². The second-order valence-corrected chi connectivity index (χ2v) is 4.35. The van der Waals surface area contributed by atoms with Gasteiger partial charge in [-0.2, -0.15) is 0 Å². The summed E-state index contributed by atoms with van der Waals surface area (Å²) in [5, 5.41) is 0. The molecular weight excluding hydrogens is 230 g/mol. The van der Waals surface area contributed by atoms with E-state index in [2.05, 4.69) is 13.8 Å². The maximum absolute atomic E-state index is 10.7. The molecule has 98 valence electrons. The number of methoxy groups -OCH3 is 1. The number of rotatable bonds is 6. The number of amides is 1. The van der Waals surface area contributed by atoms with Gasteiger partial charge < -0.3 is 15.2 Å². The minimum absolute atomic E-state index is 0.448. The molecule has 0 aliphatic rings. The van der Waals surface area contributed by atoms with Crippen LogP contribution in [0.2, 0.25) is 0 Å². The number of nitrogens with two attached hydrogens (primary N) is 1. The van der Waals surface area contributed by atoms with Gasteiger partial charge in [-0.15, -0.1) is 0 Å². The molecule has 0 radical (unpaired) electrons. The first-order valence-electron chi connectivity index (χ1n) is 5.81. The third-order valence-electron chi connectivity index (χ3n) is 2.20. The average molecular weight is 249 g/mol. The predicted octanol–water partition coefficient (Wildman–Crippen LogP) is 2.23. The van der Waals surface area contributed by atoms with Gasteiger partial charge in [-0.05, 0) is 29.7 Å². The summed E-state index contributed by atoms with van der Waals surface area (Å²) in [6.45, 7) is 4.79. The van der Waals surface area contributed by atoms with Crippen molar-refractivity contribution >= 4 is 12.0 Å². The van der Waals surface area contributed by atoms with Gasteiger partial charge in [-0.1, -0.05) is 19.9 Å². The molecule has 0 bridgehead atoms. The summed E-state index contributed by atoms with van der Waals surface area (Å²) in [5.41, 5.74) is 5.88. The number of primary amides is 1. The fraction of sp³-hybridized carbons (Fsp3) is 0.357. The van der Waals surface area contributed by atoms with E-state index in [1.807, 2.05) is 12.1 Å². The third kappa shape index (κ3) is 4.49. The molecular formula is C14H19NO3. The zero-order valence-electron chi connectivity index (χ0n) is 11.0. The second-order valence-electron chi connectivity index (χ2n) is 4.35. The molecule has 2 N–H and O–H groups in total. The van der Waals surface area contributed by atoms with Crippen LogP contribution in [0.1, 0.15) is 19.4 Å². The van der Waals surface area contributed by atoms with Crippen molar-refractivity contribution in [3.05, 3.63) is 29.8 Å². The topological polar surface area (TPSA) is 61.5 Å². The Balaban J connectivity index is 2.85. The highest BCUT2D eigenvalue weighted by Gasteiger charge is 2.05. The molecule has 18 heavy (non-hydrogen) atoms. The molecule has 0 saturated heterocycles. The average Bonchev–Trinajstić information content (AvgIpc) is 2.34. The molecule has 0 heterocycles. The van der Waals surface area contributed by atoms with Gasteiger partial charge in [0.25, 0.3) is 0 Å². The Morgan fingerprint density at radius 1 is 1.39 bits per heavy atom. The first-order valence-corrected chi connectivity index (χ1v) is 5.81. The Labute approximate surface area is 107 Å². The molecule has 1 amide bonds. The van der Waals surface area contributed by atoms with Crippen molar-refractivity contribution < 1.29 is 14.3 Å². The van der Waals surface area contributed by atoms with Crippen LogP contribution < -0.4 is 15.2 Å². The summed E-state index contributed by atoms with van der Waals surface area (Å²) in [7, 11) is 1.58. The van der Waals surface area contributed by atoms with E-state index in [1.54, 1.807) is 19.3 Å². The van der Waals surface area contributed by atoms with Crippen molar-refractivity contribution in [2.75, 3.05) is 13.7 Å². The van der Waals surface area contributed by atoms with Gasteiger partial charge in [0.15, 0.2) is 11.5 Å². The summed E-state index contributed by atoms with van der Waals surface area (Å²) in [4.78, 5) is 10.7. The van der Waals surface area contributed by atoms with Gasteiger partial charge in [-0.25, -0.2) is 0 Å². The summed E-state index contributed by atoms with van der Waals surface area (Å²) in [6.07, 6.45) is 2.94. The monoisotopic (exact) mass is 249 g/mol. The quantitative estimate of drug-likeness (QED) is 0.786. The molecule has 0 saturated carbocycles. The Morgan fingerprint density at radius 2 is 2.11 bits per heavy atom. The minimum Gasteiger partial charge on any atom is -0.493 e. The maximum atomic E-state index is 10.7. The van der Waals surface area contributed by atoms with Gasteiger partial charge in [-0.3, -0.25) is 4.79 Å². The van der Waals surface area contributed by atoms with Crippen molar-refractivity contribution in [1.82, 2.24) is 0 Å². The normalized spacial score (nSPS) is 10.9. The van der Waals surface area contributed by atoms with Crippen LogP contribution >= 0.6 is 0 Å². The van der Waals surface area contributed by atoms with Crippen LogP contribution in [0.3, 0.4) is 0 Å². The molecule has 0 unspecified atom stereocenters. The minimum atomic E-state index is -0.478. The molecule has 0 aromatic heterocycles. The van der Waals surface area contributed by atoms with E-state index in [4.69, 9.17) is 15.2 Å². The van der Waals surface area contributed by atoms with Crippen LogP contribution in [0.25, 0.3) is 6.08 Å². The van der Waals surface area contributed by atoms with E-state index in [9.17, 15) is 4.79 Å². The molecule has 4 heteroatoms. The summed E-state index contributed by atoms with van der Waals surface area (Å²) in [6, 6.07) is 5.47. The van der Waals surface area contributed by atoms with E-state index in [0.717, 1.165) is 5.56 Å². The summed E-state index contributed by atoms with van der Waals surface area (Å²) in [5.74, 6) is 1.31. The van der Waals surface area contributed by atoms with E-state index < -0.39 is 5.91 Å². The fourth-order valence-electron chi connectivity index (χ4n) is 1.34. The lowest BCUT2D eigenvalue weighted by atomic mass is 10.2. The molecule has 0 spiro atoms. The first kappa shape index (κ1) is 14.1. The largest absolute Gasteiger partial charge is 0.493 e. The number of hydrogen-bond acceptors (Lipinski definition) is 3. The SMILES string of the molecule is COc1cc(/C=C\C(N)=O)ccc1OCC(C)C. The standard InChI is InChI=1S/C14H19NO3/c1-10(2)9-18-12-6-4-11(5-7-14(15)16)8-13(12)17-3/h4-8,10H,9H2,1-3H3,(H2,15,16)/b7-5-. The molecule has 0 fully saturated rings. The Bertz CT molecular complexity index is 439. The second kappa shape index (κ2) is 6.69. The van der Waals surface area contributed by atoms with Crippen LogP contribution in [0, 0.1) is 5.92 Å². The Hall–Kier alpha value is -1.97. The van der Waals surface area contributed by atoms with Crippen molar-refractivity contribution in [2.24, 2.45) is 11.7 Å². The van der Waals surface area contributed by atoms with Crippen LogP contribution in [0.5, 0.6) is 11.5 Å². The molecule has 1 aromatic rings. The first-order chi connectivity index (χ1) is 8.52. The smallest absolute Gasteiger partial charge is 0.241 e. The van der Waals surface area contributed by atoms with Crippen LogP contribution in [0.4, 0.5) is 0 Å². The molecule has 4 nitrogen and oxygen atoms in total. The zero-order chi connectivity index (χ0) is 13.5. The van der Waals surface area contributed by atoms with Gasteiger partial charge in [0.2, 0.25) is 5.91 Å². The number of benzene rings is 1. The predicted molar refractivity (Wildman–Crippen MR) is 71.6 cm³/mol. The summed E-state index contributed by atoms with van der Waals surface area (Å²) >= 11 is 0. The summed E-state index contributed by atoms with van der Waals surface area (Å²) < 4.78 is 10.9. The third-order valence-corrected chi connectivity index (χ3v) is 2.20. The van der Waals surface area contributed by atoms with E-state index in [-0.39, 0.29) is 0 Å². The number of carbonyl (C=O) groups excluding carboxylic acids is 1. The van der Waals surface area contributed by atoms with Gasteiger partial charge in [0.05, 0.1) is 13.7 Å². The highest BCUT2D eigenvalue weighted by atomic mass is 16.5. The highest BCUT2D eigenvalue weighted by molar-refractivity contribution is 5.90. The van der Waals surface area contributed by atoms with E-state index >= 15 is 0 Å². The van der Waals surface area contributed by atoms with Crippen molar-refractivity contribution in [2.45, 2.75) is 13.8 Å². The van der Waals surface area contributed by atoms with Crippen molar-refractivity contribution in [1.29, 1.82) is 0 Å². The van der Waals surface area contributed by atoms with Crippen molar-refractivity contribution in [3.63, 3.8) is 0 Å². The van der Waals surface area contributed by atoms with Gasteiger partial charge >= 0.3 is 0 Å². The lowest BCUT2D eigenvalue weighted by molar-refractivity contribution is -0.113. The number of hydrogen-bond donors (Lipinski definition) is 1. The lowest BCUT2D eigenvalue weighted by Gasteiger charge is -2.12. The number of ether oxygens (including phenoxy) is 2. The molecule has 1 aromatic carbocycles. The van der Waals surface area contributed by atoms with E-state index in [1.165, 1.54) is 6.08 Å². The van der Waals surface area contributed by atoms with Gasteiger partial charge in [0, 0.05) is 6.08 Å². The molecule has 0 aliphatic carbocycles. The van der Waals surface area contributed by atoms with Crippen LogP contribution in [0.15, 0.2) is 24.3 Å². The zero-order valence-corrected chi connectivity index (χ0v) is 11.0. The molecule has 1 rings (SSSR count). The van der Waals surface area contributed by atoms with E-state index in [0.29, 0.717) is 24.0 Å². The highest BCUT2D eigenvalue weighted by Crippen LogP contribution is 2.28. The van der Waals surface area contributed by atoms with Crippen molar-refractivity contribution in [3.8, 4) is 11.5 Å². The van der Waals surface area contributed by atoms with Crippen LogP contribution in [-0.4, -0.2) is 19.6 Å². The lowest BCUT2D eigenvalue weighted by Crippen LogP contribution is -2.06.